The first-order valence-electron chi connectivity index (χ1n) is 8.03. The number of hydrogen-bond donors (Lipinski definition) is 1. The predicted octanol–water partition coefficient (Wildman–Crippen LogP) is 2.65. The molecule has 0 amide bonds. The van der Waals surface area contributed by atoms with Gasteiger partial charge in [-0.05, 0) is 31.8 Å². The Morgan fingerprint density at radius 2 is 1.83 bits per heavy atom. The van der Waals surface area contributed by atoms with Crippen molar-refractivity contribution in [1.29, 1.82) is 0 Å². The summed E-state index contributed by atoms with van der Waals surface area (Å²) in [5.74, 6) is 1.41. The first-order chi connectivity index (χ1) is 11.1. The van der Waals surface area contributed by atoms with E-state index in [1.54, 1.807) is 12.5 Å². The summed E-state index contributed by atoms with van der Waals surface area (Å²) in [6, 6.07) is 0. The molecule has 0 radical (unpaired) electrons. The molecule has 0 aromatic rings. The van der Waals surface area contributed by atoms with E-state index in [2.05, 4.69) is 6.58 Å². The van der Waals surface area contributed by atoms with Crippen molar-refractivity contribution in [3.05, 3.63) is 47.3 Å². The van der Waals surface area contributed by atoms with Crippen LogP contribution in [0, 0.1) is 11.8 Å². The smallest absolute Gasteiger partial charge is 0.157 e. The van der Waals surface area contributed by atoms with Gasteiger partial charge in [0.1, 0.15) is 44.7 Å². The lowest BCUT2D eigenvalue weighted by Crippen LogP contribution is -2.35. The zero-order valence-electron chi connectivity index (χ0n) is 13.7. The number of ether oxygens (including phenoxy) is 4. The highest BCUT2D eigenvalue weighted by Gasteiger charge is 2.41. The Balaban J connectivity index is 2.07. The van der Waals surface area contributed by atoms with Crippen LogP contribution in [0.5, 0.6) is 0 Å². The van der Waals surface area contributed by atoms with Gasteiger partial charge >= 0.3 is 0 Å². The Bertz CT molecular complexity index is 572. The Labute approximate surface area is 136 Å². The molecule has 0 spiro atoms. The van der Waals surface area contributed by atoms with E-state index in [1.165, 1.54) is 0 Å². The molecule has 0 bridgehead atoms. The fourth-order valence-electron chi connectivity index (χ4n) is 3.41. The lowest BCUT2D eigenvalue weighted by molar-refractivity contribution is 0.0479. The molecule has 3 rings (SSSR count). The predicted molar refractivity (Wildman–Crippen MR) is 85.1 cm³/mol. The van der Waals surface area contributed by atoms with E-state index >= 15 is 0 Å². The molecule has 0 aromatic heterocycles. The van der Waals surface area contributed by atoms with Gasteiger partial charge < -0.3 is 24.1 Å². The largest absolute Gasteiger partial charge is 0.494 e. The third-order valence-electron chi connectivity index (χ3n) is 4.64. The number of rotatable bonds is 3. The third-order valence-corrected chi connectivity index (χ3v) is 4.64. The molecule has 2 heterocycles. The van der Waals surface area contributed by atoms with Crippen LogP contribution in [-0.4, -0.2) is 37.6 Å². The molecule has 5 heteroatoms. The van der Waals surface area contributed by atoms with Crippen molar-refractivity contribution in [2.75, 3.05) is 26.4 Å². The quantitative estimate of drug-likeness (QED) is 0.810. The van der Waals surface area contributed by atoms with Gasteiger partial charge in [-0.15, -0.1) is 0 Å². The normalized spacial score (nSPS) is 31.0. The van der Waals surface area contributed by atoms with Gasteiger partial charge in [0.05, 0.1) is 12.0 Å². The van der Waals surface area contributed by atoms with E-state index in [4.69, 9.17) is 18.9 Å². The van der Waals surface area contributed by atoms with Gasteiger partial charge in [0.2, 0.25) is 0 Å². The fraction of sp³-hybridized carbons (Fsp3) is 0.556. The molecule has 0 aromatic carbocycles. The monoisotopic (exact) mass is 320 g/mol. The maximum atomic E-state index is 10.5. The number of allylic oxidation sites excluding steroid dienone is 3. The summed E-state index contributed by atoms with van der Waals surface area (Å²) >= 11 is 0. The number of aliphatic hydroxyl groups is 1. The second kappa shape index (κ2) is 6.71. The molecule has 0 saturated heterocycles. The van der Waals surface area contributed by atoms with E-state index < -0.39 is 6.10 Å². The molecule has 1 N–H and O–H groups in total. The van der Waals surface area contributed by atoms with Crippen LogP contribution in [0.2, 0.25) is 0 Å². The Morgan fingerprint density at radius 3 is 2.39 bits per heavy atom. The summed E-state index contributed by atoms with van der Waals surface area (Å²) in [5.41, 5.74) is 2.82. The minimum Gasteiger partial charge on any atom is -0.494 e. The van der Waals surface area contributed by atoms with Gasteiger partial charge in [-0.2, -0.15) is 0 Å². The van der Waals surface area contributed by atoms with Gasteiger partial charge in [0.25, 0.3) is 0 Å². The maximum Gasteiger partial charge on any atom is 0.157 e. The molecule has 23 heavy (non-hydrogen) atoms. The molecule has 2 aliphatic heterocycles. The lowest BCUT2D eigenvalue weighted by atomic mass is 9.70. The SMILES string of the molecule is C=C(C)[C@@H]1C[C@@H](O)C(C)=C(C2=COCCO2)[C@@H]1C1=COCCO1. The van der Waals surface area contributed by atoms with Crippen LogP contribution >= 0.6 is 0 Å². The molecular weight excluding hydrogens is 296 g/mol. The van der Waals surface area contributed by atoms with Crippen LogP contribution in [0.15, 0.2) is 47.3 Å². The maximum absolute atomic E-state index is 10.5. The van der Waals surface area contributed by atoms with Crippen LogP contribution in [0.4, 0.5) is 0 Å². The summed E-state index contributed by atoms with van der Waals surface area (Å²) in [6.07, 6.45) is 3.40. The van der Waals surface area contributed by atoms with E-state index in [9.17, 15) is 5.11 Å². The van der Waals surface area contributed by atoms with Crippen molar-refractivity contribution < 1.29 is 24.1 Å². The van der Waals surface area contributed by atoms with Crippen molar-refractivity contribution in [2.45, 2.75) is 26.4 Å². The van der Waals surface area contributed by atoms with Crippen molar-refractivity contribution >= 4 is 0 Å². The van der Waals surface area contributed by atoms with Crippen LogP contribution in [0.1, 0.15) is 20.3 Å². The fourth-order valence-corrected chi connectivity index (χ4v) is 3.41. The minimum atomic E-state index is -0.528. The molecule has 3 aliphatic rings. The van der Waals surface area contributed by atoms with Gasteiger partial charge in [-0.1, -0.05) is 12.2 Å². The molecule has 0 saturated carbocycles. The van der Waals surface area contributed by atoms with Crippen molar-refractivity contribution in [2.24, 2.45) is 11.8 Å². The Morgan fingerprint density at radius 1 is 1.13 bits per heavy atom. The van der Waals surface area contributed by atoms with Crippen LogP contribution in [-0.2, 0) is 18.9 Å². The standard InChI is InChI=1S/C18H24O5/c1-11(2)13-8-14(19)12(3)17(15-9-20-4-6-22-15)18(13)16-10-21-5-7-23-16/h9-10,13-14,18-19H,1,4-8H2,2-3H3/t13-,14+,18-/m0/s1. The van der Waals surface area contributed by atoms with Gasteiger partial charge in [0, 0.05) is 5.57 Å². The van der Waals surface area contributed by atoms with Gasteiger partial charge in [0.15, 0.2) is 5.76 Å². The van der Waals surface area contributed by atoms with E-state index in [0.29, 0.717) is 38.6 Å². The van der Waals surface area contributed by atoms with Crippen LogP contribution in [0.25, 0.3) is 0 Å². The average Bonchev–Trinajstić information content (AvgIpc) is 2.58. The highest BCUT2D eigenvalue weighted by Crippen LogP contribution is 2.46. The molecule has 0 unspecified atom stereocenters. The van der Waals surface area contributed by atoms with E-state index in [-0.39, 0.29) is 11.8 Å². The van der Waals surface area contributed by atoms with Gasteiger partial charge in [-0.3, -0.25) is 0 Å². The second-order valence-corrected chi connectivity index (χ2v) is 6.22. The van der Waals surface area contributed by atoms with E-state index in [1.807, 2.05) is 13.8 Å². The Hall–Kier alpha value is -1.88. The lowest BCUT2D eigenvalue weighted by Gasteiger charge is -2.40. The molecule has 0 fully saturated rings. The highest BCUT2D eigenvalue weighted by atomic mass is 16.6. The zero-order chi connectivity index (χ0) is 16.4. The molecule has 5 nitrogen and oxygen atoms in total. The number of aliphatic hydroxyl groups excluding tert-OH is 1. The Kier molecular flexibility index (Phi) is 4.66. The van der Waals surface area contributed by atoms with Crippen molar-refractivity contribution in [3.8, 4) is 0 Å². The van der Waals surface area contributed by atoms with Crippen molar-refractivity contribution in [1.82, 2.24) is 0 Å². The third kappa shape index (κ3) is 3.11. The number of hydrogen-bond acceptors (Lipinski definition) is 5. The van der Waals surface area contributed by atoms with E-state index in [0.717, 1.165) is 22.5 Å². The average molecular weight is 320 g/mol. The first-order valence-corrected chi connectivity index (χ1v) is 8.03. The summed E-state index contributed by atoms with van der Waals surface area (Å²) in [6.45, 7) is 10.1. The molecule has 1 aliphatic carbocycles. The summed E-state index contributed by atoms with van der Waals surface area (Å²) in [4.78, 5) is 0. The summed E-state index contributed by atoms with van der Waals surface area (Å²) in [7, 11) is 0. The second-order valence-electron chi connectivity index (χ2n) is 6.22. The molecule has 3 atom stereocenters. The van der Waals surface area contributed by atoms with Crippen molar-refractivity contribution in [3.63, 3.8) is 0 Å². The molecular formula is C18H24O5. The van der Waals surface area contributed by atoms with Gasteiger partial charge in [-0.25, -0.2) is 0 Å². The zero-order valence-corrected chi connectivity index (χ0v) is 13.7. The topological polar surface area (TPSA) is 57.2 Å². The minimum absolute atomic E-state index is 0.0584. The first kappa shape index (κ1) is 16.0. The summed E-state index contributed by atoms with van der Waals surface area (Å²) in [5, 5.41) is 10.5. The highest BCUT2D eigenvalue weighted by molar-refractivity contribution is 5.42. The summed E-state index contributed by atoms with van der Waals surface area (Å²) < 4.78 is 22.6. The van der Waals surface area contributed by atoms with Crippen LogP contribution < -0.4 is 0 Å². The molecule has 126 valence electrons. The van der Waals surface area contributed by atoms with Crippen LogP contribution in [0.3, 0.4) is 0 Å².